The number of hydrogen-bond acceptors (Lipinski definition) is 8. The van der Waals surface area contributed by atoms with Gasteiger partial charge in [0.2, 0.25) is 5.91 Å². The molecule has 1 aromatic carbocycles. The Balaban J connectivity index is 2.04. The average Bonchev–Trinajstić information content (AvgIpc) is 3.24. The molecule has 1 aliphatic rings. The highest BCUT2D eigenvalue weighted by Gasteiger charge is 2.43. The maximum absolute atomic E-state index is 13.2. The molecule has 9 nitrogen and oxygen atoms in total. The second-order valence-electron chi connectivity index (χ2n) is 6.89. The zero-order chi connectivity index (χ0) is 24.3. The Morgan fingerprint density at radius 2 is 1.94 bits per heavy atom. The number of alkyl halides is 2. The Morgan fingerprint density at radius 1 is 1.21 bits per heavy atom. The number of nitrogens with one attached hydrogen (secondary N) is 1. The molecule has 0 radical (unpaired) electrons. The quantitative estimate of drug-likeness (QED) is 0.379. The van der Waals surface area contributed by atoms with Crippen molar-refractivity contribution in [3.63, 3.8) is 0 Å². The van der Waals surface area contributed by atoms with Gasteiger partial charge < -0.3 is 14.8 Å². The highest BCUT2D eigenvalue weighted by molar-refractivity contribution is 7.72. The van der Waals surface area contributed by atoms with E-state index in [2.05, 4.69) is 10.1 Å². The Morgan fingerprint density at radius 3 is 2.55 bits per heavy atom. The molecule has 0 spiro atoms. The zero-order valence-electron chi connectivity index (χ0n) is 17.5. The standard InChI is InChI=1S/C20H20F2N2O7S2/c1-3-30-15-8-11(4-5-14(15)31-20(21)22)13(6-7-33(28)29)24-18(26)12-9-32-17(23-10(2)25)16(12)19(24)27/h4-5,8-9,13,20,33H,3,6-7H2,1-2H3,(H,23,25)/t13-/m1/s1. The van der Waals surface area contributed by atoms with Gasteiger partial charge in [-0.25, -0.2) is 8.42 Å². The number of carbonyl (C=O) groups is 3. The molecule has 0 unspecified atom stereocenters. The number of ether oxygens (including phenoxy) is 2. The number of imide groups is 1. The summed E-state index contributed by atoms with van der Waals surface area (Å²) in [5, 5.41) is 4.17. The average molecular weight is 503 g/mol. The van der Waals surface area contributed by atoms with Gasteiger partial charge in [-0.15, -0.1) is 11.3 Å². The number of fused-ring (bicyclic) bond motifs is 1. The fourth-order valence-electron chi connectivity index (χ4n) is 3.47. The summed E-state index contributed by atoms with van der Waals surface area (Å²) in [6.45, 7) is -0.0803. The second-order valence-corrected chi connectivity index (χ2v) is 8.89. The number of thiol groups is 1. The van der Waals surface area contributed by atoms with E-state index in [1.807, 2.05) is 0 Å². The molecule has 33 heavy (non-hydrogen) atoms. The molecular formula is C20H20F2N2O7S2. The maximum atomic E-state index is 13.2. The molecule has 0 saturated heterocycles. The van der Waals surface area contributed by atoms with Crippen LogP contribution >= 0.6 is 11.3 Å². The van der Waals surface area contributed by atoms with Gasteiger partial charge in [0.05, 0.1) is 23.8 Å². The van der Waals surface area contributed by atoms with Gasteiger partial charge in [-0.3, -0.25) is 19.3 Å². The Bertz CT molecular complexity index is 1160. The fraction of sp³-hybridized carbons (Fsp3) is 0.350. The molecule has 0 fully saturated rings. The van der Waals surface area contributed by atoms with Gasteiger partial charge in [-0.2, -0.15) is 8.78 Å². The van der Waals surface area contributed by atoms with E-state index in [0.717, 1.165) is 16.2 Å². The van der Waals surface area contributed by atoms with Crippen LogP contribution in [-0.2, 0) is 15.5 Å². The molecule has 1 aromatic heterocycles. The van der Waals surface area contributed by atoms with Gasteiger partial charge in [0.15, 0.2) is 11.5 Å². The minimum absolute atomic E-state index is 0.0272. The summed E-state index contributed by atoms with van der Waals surface area (Å²) in [6.07, 6.45) is -0.125. The topological polar surface area (TPSA) is 119 Å². The molecule has 0 bridgehead atoms. The first-order valence-corrected chi connectivity index (χ1v) is 12.0. The molecular weight excluding hydrogens is 482 g/mol. The number of hydrogen-bond donors (Lipinski definition) is 2. The lowest BCUT2D eigenvalue weighted by Gasteiger charge is -2.27. The second kappa shape index (κ2) is 10.3. The van der Waals surface area contributed by atoms with E-state index in [1.165, 1.54) is 30.5 Å². The highest BCUT2D eigenvalue weighted by atomic mass is 32.2. The van der Waals surface area contributed by atoms with Crippen molar-refractivity contribution in [1.82, 2.24) is 4.90 Å². The third-order valence-electron chi connectivity index (χ3n) is 4.73. The van der Waals surface area contributed by atoms with Crippen LogP contribution in [0.15, 0.2) is 23.6 Å². The van der Waals surface area contributed by atoms with Crippen LogP contribution in [0.25, 0.3) is 0 Å². The number of nitrogens with zero attached hydrogens (tertiary/aromatic N) is 1. The molecule has 2 heterocycles. The lowest BCUT2D eigenvalue weighted by molar-refractivity contribution is -0.114. The molecule has 2 aromatic rings. The van der Waals surface area contributed by atoms with Gasteiger partial charge in [0, 0.05) is 18.1 Å². The third kappa shape index (κ3) is 5.30. The first-order chi connectivity index (χ1) is 15.6. The first-order valence-electron chi connectivity index (χ1n) is 9.74. The maximum Gasteiger partial charge on any atom is 0.387 e. The van der Waals surface area contributed by atoms with Gasteiger partial charge in [0.25, 0.3) is 11.8 Å². The summed E-state index contributed by atoms with van der Waals surface area (Å²) < 4.78 is 57.8. The van der Waals surface area contributed by atoms with Crippen LogP contribution in [-0.4, -0.2) is 50.0 Å². The van der Waals surface area contributed by atoms with Crippen molar-refractivity contribution in [3.05, 3.63) is 40.3 Å². The normalized spacial score (nSPS) is 14.1. The summed E-state index contributed by atoms with van der Waals surface area (Å²) in [5.41, 5.74) is 0.417. The van der Waals surface area contributed by atoms with Crippen LogP contribution < -0.4 is 14.8 Å². The molecule has 3 amide bonds. The van der Waals surface area contributed by atoms with E-state index < -0.39 is 41.1 Å². The lowest BCUT2D eigenvalue weighted by atomic mass is 10.0. The van der Waals surface area contributed by atoms with Gasteiger partial charge in [-0.05, 0) is 31.0 Å². The number of thiophene rings is 1. The monoisotopic (exact) mass is 502 g/mol. The number of carbonyl (C=O) groups excluding carboxylic acids is 3. The lowest BCUT2D eigenvalue weighted by Crippen LogP contribution is -2.35. The van der Waals surface area contributed by atoms with Crippen molar-refractivity contribution < 1.29 is 41.1 Å². The largest absolute Gasteiger partial charge is 0.490 e. The minimum atomic E-state index is -3.10. The third-order valence-corrected chi connectivity index (χ3v) is 6.25. The SMILES string of the molecule is CCOc1cc([C@@H](CC[SH](=O)=O)N2C(=O)c3csc(NC(C)=O)c3C2=O)ccc1OC(F)F. The summed E-state index contributed by atoms with van der Waals surface area (Å²) >= 11 is 1.03. The Labute approximate surface area is 193 Å². The van der Waals surface area contributed by atoms with E-state index in [4.69, 9.17) is 4.74 Å². The zero-order valence-corrected chi connectivity index (χ0v) is 19.2. The van der Waals surface area contributed by atoms with Crippen LogP contribution in [0.4, 0.5) is 13.8 Å². The van der Waals surface area contributed by atoms with Crippen molar-refractivity contribution in [3.8, 4) is 11.5 Å². The predicted octanol–water partition coefficient (Wildman–Crippen LogP) is 3.05. The van der Waals surface area contributed by atoms with Crippen LogP contribution in [0.5, 0.6) is 11.5 Å². The van der Waals surface area contributed by atoms with E-state index in [9.17, 15) is 31.6 Å². The predicted molar refractivity (Wildman–Crippen MR) is 116 cm³/mol. The van der Waals surface area contributed by atoms with Crippen molar-refractivity contribution in [1.29, 1.82) is 0 Å². The van der Waals surface area contributed by atoms with Gasteiger partial charge >= 0.3 is 6.61 Å². The van der Waals surface area contributed by atoms with E-state index in [1.54, 1.807) is 6.92 Å². The summed E-state index contributed by atoms with van der Waals surface area (Å²) in [6, 6.07) is 2.88. The molecule has 0 saturated carbocycles. The van der Waals surface area contributed by atoms with Crippen molar-refractivity contribution in [2.24, 2.45) is 0 Å². The number of amides is 3. The smallest absolute Gasteiger partial charge is 0.387 e. The van der Waals surface area contributed by atoms with E-state index in [-0.39, 0.29) is 46.4 Å². The van der Waals surface area contributed by atoms with Crippen molar-refractivity contribution in [2.45, 2.75) is 32.9 Å². The number of halogens is 2. The molecule has 0 aliphatic carbocycles. The summed E-state index contributed by atoms with van der Waals surface area (Å²) in [7, 11) is -2.82. The molecule has 1 atom stereocenters. The van der Waals surface area contributed by atoms with Crippen molar-refractivity contribution in [2.75, 3.05) is 17.7 Å². The summed E-state index contributed by atoms with van der Waals surface area (Å²) in [5.74, 6) is -2.39. The molecule has 3 rings (SSSR count). The first kappa shape index (κ1) is 24.6. The van der Waals surface area contributed by atoms with Gasteiger partial charge in [-0.1, -0.05) is 6.07 Å². The molecule has 1 N–H and O–H groups in total. The van der Waals surface area contributed by atoms with Crippen LogP contribution in [0.1, 0.15) is 52.6 Å². The number of anilines is 1. The highest BCUT2D eigenvalue weighted by Crippen LogP contribution is 2.41. The summed E-state index contributed by atoms with van der Waals surface area (Å²) in [4.78, 5) is 38.7. The van der Waals surface area contributed by atoms with Gasteiger partial charge in [0.1, 0.15) is 15.7 Å². The van der Waals surface area contributed by atoms with Crippen LogP contribution in [0, 0.1) is 0 Å². The Hall–Kier alpha value is -3.06. The number of rotatable bonds is 10. The molecule has 13 heteroatoms. The number of benzene rings is 1. The van der Waals surface area contributed by atoms with E-state index in [0.29, 0.717) is 5.56 Å². The van der Waals surface area contributed by atoms with Crippen LogP contribution in [0.2, 0.25) is 0 Å². The fourth-order valence-corrected chi connectivity index (χ4v) is 4.90. The van der Waals surface area contributed by atoms with Crippen LogP contribution in [0.3, 0.4) is 0 Å². The Kier molecular flexibility index (Phi) is 7.64. The minimum Gasteiger partial charge on any atom is -0.490 e. The molecule has 1 aliphatic heterocycles. The molecule has 178 valence electrons. The van der Waals surface area contributed by atoms with E-state index >= 15 is 0 Å². The van der Waals surface area contributed by atoms with Crippen molar-refractivity contribution >= 4 is 44.8 Å².